The van der Waals surface area contributed by atoms with Gasteiger partial charge in [0.1, 0.15) is 5.01 Å². The van der Waals surface area contributed by atoms with Gasteiger partial charge in [-0.1, -0.05) is 6.07 Å². The molecule has 3 N–H and O–H groups in total. The lowest BCUT2D eigenvalue weighted by molar-refractivity contribution is -0.920. The van der Waals surface area contributed by atoms with Crippen molar-refractivity contribution in [2.45, 2.75) is 32.2 Å². The number of fused-ring (bicyclic) bond motifs is 1. The summed E-state index contributed by atoms with van der Waals surface area (Å²) in [4.78, 5) is 44.3. The fourth-order valence-corrected chi connectivity index (χ4v) is 5.82. The molecule has 32 heavy (non-hydrogen) atoms. The molecule has 2 aromatic carbocycles. The van der Waals surface area contributed by atoms with Gasteiger partial charge < -0.3 is 10.6 Å². The number of carbonyl (C=O) groups is 3. The first kappa shape index (κ1) is 20.8. The summed E-state index contributed by atoms with van der Waals surface area (Å²) < 4.78 is 1.14. The number of rotatable bonds is 4. The van der Waals surface area contributed by atoms with Gasteiger partial charge >= 0.3 is 0 Å². The Balaban J connectivity index is 1.33. The maximum atomic E-state index is 13.1. The Bertz CT molecular complexity index is 1210. The molecule has 0 spiro atoms. The van der Waals surface area contributed by atoms with E-state index < -0.39 is 0 Å². The van der Waals surface area contributed by atoms with E-state index in [1.54, 1.807) is 11.3 Å². The number of aromatic nitrogens is 1. The molecule has 2 fully saturated rings. The van der Waals surface area contributed by atoms with Gasteiger partial charge in [0.25, 0.3) is 5.91 Å². The van der Waals surface area contributed by atoms with E-state index in [2.05, 4.69) is 13.0 Å². The summed E-state index contributed by atoms with van der Waals surface area (Å²) in [5.41, 5.74) is 9.13. The summed E-state index contributed by atoms with van der Waals surface area (Å²) in [6, 6.07) is 13.3. The van der Waals surface area contributed by atoms with Gasteiger partial charge in [-0.25, -0.2) is 9.88 Å². The number of hydrogen-bond donors (Lipinski definition) is 2. The van der Waals surface area contributed by atoms with E-state index in [4.69, 9.17) is 10.7 Å². The van der Waals surface area contributed by atoms with Gasteiger partial charge in [-0.3, -0.25) is 14.4 Å². The van der Waals surface area contributed by atoms with Gasteiger partial charge in [0.05, 0.1) is 35.4 Å². The molecule has 1 aromatic heterocycles. The Kier molecular flexibility index (Phi) is 5.27. The summed E-state index contributed by atoms with van der Waals surface area (Å²) in [5.74, 6) is -0.734. The van der Waals surface area contributed by atoms with Crippen LogP contribution in [0.3, 0.4) is 0 Å². The van der Waals surface area contributed by atoms with Crippen molar-refractivity contribution in [3.05, 3.63) is 48.0 Å². The first-order valence-electron chi connectivity index (χ1n) is 10.9. The second-order valence-electron chi connectivity index (χ2n) is 8.70. The van der Waals surface area contributed by atoms with Crippen molar-refractivity contribution in [2.75, 3.05) is 18.0 Å². The number of benzene rings is 2. The van der Waals surface area contributed by atoms with Gasteiger partial charge in [-0.15, -0.1) is 11.3 Å². The maximum absolute atomic E-state index is 13.1. The number of nitrogens with zero attached hydrogens (tertiary/aromatic N) is 2. The maximum Gasteiger partial charge on any atom is 0.292 e. The molecule has 8 heteroatoms. The van der Waals surface area contributed by atoms with E-state index in [-0.39, 0.29) is 36.1 Å². The highest BCUT2D eigenvalue weighted by Gasteiger charge is 2.46. The van der Waals surface area contributed by atoms with Crippen LogP contribution in [-0.4, -0.2) is 41.8 Å². The Labute approximate surface area is 189 Å². The van der Waals surface area contributed by atoms with Crippen molar-refractivity contribution < 1.29 is 19.3 Å². The normalized spacial score (nSPS) is 23.8. The molecule has 3 amide bonds. The van der Waals surface area contributed by atoms with Gasteiger partial charge in [-0.05, 0) is 48.9 Å². The van der Waals surface area contributed by atoms with Crippen LogP contribution in [0.15, 0.2) is 42.5 Å². The van der Waals surface area contributed by atoms with E-state index in [0.29, 0.717) is 31.6 Å². The van der Waals surface area contributed by atoms with Gasteiger partial charge in [0, 0.05) is 24.3 Å². The number of hydrogen-bond acceptors (Lipinski definition) is 5. The second-order valence-corrected chi connectivity index (χ2v) is 9.73. The number of amides is 3. The average molecular weight is 450 g/mol. The van der Waals surface area contributed by atoms with Gasteiger partial charge in [0.15, 0.2) is 6.04 Å². The molecule has 0 aliphatic carbocycles. The van der Waals surface area contributed by atoms with Crippen molar-refractivity contribution in [1.29, 1.82) is 0 Å². The summed E-state index contributed by atoms with van der Waals surface area (Å²) in [6.45, 7) is 3.43. The second kappa shape index (κ2) is 8.11. The van der Waals surface area contributed by atoms with Crippen molar-refractivity contribution in [3.63, 3.8) is 0 Å². The van der Waals surface area contributed by atoms with Crippen LogP contribution < -0.4 is 15.5 Å². The van der Waals surface area contributed by atoms with Crippen LogP contribution in [-0.2, 0) is 14.4 Å². The highest BCUT2D eigenvalue weighted by atomic mass is 32.1. The molecule has 5 rings (SSSR count). The Morgan fingerprint density at radius 2 is 1.84 bits per heavy atom. The molecule has 0 bridgehead atoms. The van der Waals surface area contributed by atoms with E-state index in [1.165, 1.54) is 10.5 Å². The smallest absolute Gasteiger partial charge is 0.292 e. The number of nitrogens with one attached hydrogen (secondary N) is 1. The molecule has 0 unspecified atom stereocenters. The molecule has 2 aliphatic rings. The molecular weight excluding hydrogens is 424 g/mol. The van der Waals surface area contributed by atoms with Gasteiger partial charge in [0.2, 0.25) is 11.8 Å². The van der Waals surface area contributed by atoms with Crippen LogP contribution in [0.5, 0.6) is 0 Å². The molecule has 164 valence electrons. The summed E-state index contributed by atoms with van der Waals surface area (Å²) >= 11 is 1.63. The van der Waals surface area contributed by atoms with Crippen LogP contribution in [0, 0.1) is 12.8 Å². The zero-order chi connectivity index (χ0) is 22.4. The number of thiazole rings is 1. The first-order valence-corrected chi connectivity index (χ1v) is 11.7. The third kappa shape index (κ3) is 3.69. The van der Waals surface area contributed by atoms with Crippen LogP contribution in [0.25, 0.3) is 20.8 Å². The van der Waals surface area contributed by atoms with Crippen LogP contribution in [0.1, 0.15) is 24.8 Å². The van der Waals surface area contributed by atoms with E-state index in [1.807, 2.05) is 36.4 Å². The largest absolute Gasteiger partial charge is 0.369 e. The quantitative estimate of drug-likeness (QED) is 0.592. The Hall–Kier alpha value is -3.10. The SMILES string of the molecule is Cc1ccc2nc(-c3ccc(N4C(=O)C[C@@H]([NH+]5CCC(C(N)=O)CC5)C4=O)cc3)sc2c1. The molecule has 7 nitrogen and oxygen atoms in total. The zero-order valence-electron chi connectivity index (χ0n) is 17.8. The number of quaternary nitrogens is 1. The predicted octanol–water partition coefficient (Wildman–Crippen LogP) is 1.68. The van der Waals surface area contributed by atoms with Gasteiger partial charge in [-0.2, -0.15) is 0 Å². The van der Waals surface area contributed by atoms with E-state index in [9.17, 15) is 14.4 Å². The number of piperidine rings is 1. The highest BCUT2D eigenvalue weighted by Crippen LogP contribution is 2.32. The summed E-state index contributed by atoms with van der Waals surface area (Å²) in [5, 5.41) is 0.913. The standard InChI is InChI=1S/C24H24N4O3S/c1-14-2-7-18-20(12-14)32-23(26-18)16-3-5-17(6-4-16)28-21(29)13-19(24(28)31)27-10-8-15(9-11-27)22(25)30/h2-7,12,15,19H,8-11,13H2,1H3,(H2,25,30)/p+1/t19-/m1/s1. The third-order valence-corrected chi connectivity index (χ3v) is 7.65. The number of primary amides is 1. The number of aryl methyl sites for hydroxylation is 1. The first-order chi connectivity index (χ1) is 15.4. The molecule has 3 aromatic rings. The minimum atomic E-state index is -0.386. The topological polar surface area (TPSA) is 97.8 Å². The lowest BCUT2D eigenvalue weighted by Crippen LogP contribution is -3.17. The number of imide groups is 1. The van der Waals surface area contributed by atoms with Crippen molar-refractivity contribution >= 4 is 45.0 Å². The van der Waals surface area contributed by atoms with Crippen LogP contribution in [0.2, 0.25) is 0 Å². The van der Waals surface area contributed by atoms with E-state index >= 15 is 0 Å². The van der Waals surface area contributed by atoms with Crippen molar-refractivity contribution in [1.82, 2.24) is 4.98 Å². The average Bonchev–Trinajstić information content (AvgIpc) is 3.34. The fourth-order valence-electron chi connectivity index (χ4n) is 4.75. The lowest BCUT2D eigenvalue weighted by atomic mass is 9.95. The van der Waals surface area contributed by atoms with E-state index in [0.717, 1.165) is 25.7 Å². The zero-order valence-corrected chi connectivity index (χ0v) is 18.7. The molecular formula is C24H25N4O3S+. The molecule has 0 radical (unpaired) electrons. The molecule has 2 aliphatic heterocycles. The number of carbonyl (C=O) groups excluding carboxylic acids is 3. The van der Waals surface area contributed by atoms with Crippen LogP contribution in [0.4, 0.5) is 5.69 Å². The highest BCUT2D eigenvalue weighted by molar-refractivity contribution is 7.21. The summed E-state index contributed by atoms with van der Waals surface area (Å²) in [7, 11) is 0. The third-order valence-electron chi connectivity index (χ3n) is 6.59. The van der Waals surface area contributed by atoms with Crippen LogP contribution >= 0.6 is 11.3 Å². The molecule has 0 saturated carbocycles. The monoisotopic (exact) mass is 449 g/mol. The minimum Gasteiger partial charge on any atom is -0.369 e. The Morgan fingerprint density at radius 3 is 2.53 bits per heavy atom. The molecule has 1 atom stereocenters. The lowest BCUT2D eigenvalue weighted by Gasteiger charge is -2.30. The summed E-state index contributed by atoms with van der Waals surface area (Å²) in [6.07, 6.45) is 1.53. The minimum absolute atomic E-state index is 0.124. The number of anilines is 1. The molecule has 3 heterocycles. The Morgan fingerprint density at radius 1 is 1.12 bits per heavy atom. The number of nitrogens with two attached hydrogens (primary N) is 1. The predicted molar refractivity (Wildman–Crippen MR) is 123 cm³/mol. The fraction of sp³-hybridized carbons (Fsp3) is 0.333. The molecule has 2 saturated heterocycles. The number of likely N-dealkylation sites (tertiary alicyclic amines) is 1. The van der Waals surface area contributed by atoms with Crippen molar-refractivity contribution in [3.8, 4) is 10.6 Å². The van der Waals surface area contributed by atoms with Crippen molar-refractivity contribution in [2.24, 2.45) is 11.7 Å².